The molecule has 1 saturated heterocycles. The summed E-state index contributed by atoms with van der Waals surface area (Å²) < 4.78 is 13.6. The minimum atomic E-state index is -0.311. The quantitative estimate of drug-likeness (QED) is 0.656. The van der Waals surface area contributed by atoms with Crippen LogP contribution < -0.4 is 5.73 Å². The SMILES string of the molecule is CCC1CCCN(Cc2cc(F)cc(C(=N)N)c2)CC1. The first kappa shape index (κ1) is 15.0. The Hall–Kier alpha value is -1.42. The maximum absolute atomic E-state index is 13.6. The number of hydrogen-bond donors (Lipinski definition) is 2. The summed E-state index contributed by atoms with van der Waals surface area (Å²) >= 11 is 0. The Balaban J connectivity index is 2.04. The fourth-order valence-electron chi connectivity index (χ4n) is 2.95. The van der Waals surface area contributed by atoms with E-state index in [9.17, 15) is 4.39 Å². The first-order chi connectivity index (χ1) is 9.58. The second kappa shape index (κ2) is 6.84. The molecule has 110 valence electrons. The summed E-state index contributed by atoms with van der Waals surface area (Å²) in [6, 6.07) is 4.70. The number of nitrogens with zero attached hydrogens (tertiary/aromatic N) is 1. The molecule has 0 bridgehead atoms. The Labute approximate surface area is 120 Å². The highest BCUT2D eigenvalue weighted by atomic mass is 19.1. The van der Waals surface area contributed by atoms with E-state index in [0.29, 0.717) is 5.56 Å². The molecular formula is C16H24FN3. The van der Waals surface area contributed by atoms with Crippen molar-refractivity contribution in [2.45, 2.75) is 39.2 Å². The molecule has 1 atom stereocenters. The van der Waals surface area contributed by atoms with Crippen LogP contribution in [0.4, 0.5) is 4.39 Å². The van der Waals surface area contributed by atoms with Crippen LogP contribution in [0.15, 0.2) is 18.2 Å². The molecule has 2 rings (SSSR count). The maximum atomic E-state index is 13.6. The molecule has 0 saturated carbocycles. The second-order valence-electron chi connectivity index (χ2n) is 5.74. The van der Waals surface area contributed by atoms with Crippen molar-refractivity contribution in [3.63, 3.8) is 0 Å². The van der Waals surface area contributed by atoms with E-state index in [4.69, 9.17) is 11.1 Å². The van der Waals surface area contributed by atoms with E-state index in [1.165, 1.54) is 31.7 Å². The van der Waals surface area contributed by atoms with Crippen LogP contribution in [0.1, 0.15) is 43.7 Å². The molecule has 1 aliphatic rings. The summed E-state index contributed by atoms with van der Waals surface area (Å²) in [5.41, 5.74) is 6.83. The van der Waals surface area contributed by atoms with E-state index in [0.717, 1.165) is 31.1 Å². The third-order valence-corrected chi connectivity index (χ3v) is 4.19. The van der Waals surface area contributed by atoms with E-state index in [1.54, 1.807) is 6.07 Å². The fourth-order valence-corrected chi connectivity index (χ4v) is 2.95. The summed E-state index contributed by atoms with van der Waals surface area (Å²) in [6.45, 7) is 5.15. The van der Waals surface area contributed by atoms with Crippen LogP contribution >= 0.6 is 0 Å². The van der Waals surface area contributed by atoms with Crippen molar-refractivity contribution in [3.05, 3.63) is 35.1 Å². The number of amidine groups is 1. The lowest BCUT2D eigenvalue weighted by Gasteiger charge is -2.20. The number of nitrogen functional groups attached to an aromatic ring is 1. The van der Waals surface area contributed by atoms with E-state index in [-0.39, 0.29) is 11.7 Å². The normalized spacial score (nSPS) is 20.6. The average Bonchev–Trinajstić information content (AvgIpc) is 2.63. The van der Waals surface area contributed by atoms with Gasteiger partial charge in [0.25, 0.3) is 0 Å². The number of nitrogens with two attached hydrogens (primary N) is 1. The molecule has 1 aromatic rings. The van der Waals surface area contributed by atoms with Gasteiger partial charge in [0, 0.05) is 12.1 Å². The minimum absolute atomic E-state index is 0.0762. The van der Waals surface area contributed by atoms with Gasteiger partial charge >= 0.3 is 0 Å². The predicted molar refractivity (Wildman–Crippen MR) is 80.3 cm³/mol. The van der Waals surface area contributed by atoms with Gasteiger partial charge < -0.3 is 5.73 Å². The molecule has 3 N–H and O–H groups in total. The van der Waals surface area contributed by atoms with Crippen LogP contribution in [-0.2, 0) is 6.54 Å². The number of rotatable bonds is 4. The largest absolute Gasteiger partial charge is 0.384 e. The van der Waals surface area contributed by atoms with Gasteiger partial charge in [-0.1, -0.05) is 13.3 Å². The summed E-state index contributed by atoms with van der Waals surface area (Å²) in [5, 5.41) is 7.43. The molecule has 0 amide bonds. The fraction of sp³-hybridized carbons (Fsp3) is 0.562. The molecule has 1 aromatic carbocycles. The van der Waals surface area contributed by atoms with Gasteiger partial charge in [-0.05, 0) is 62.0 Å². The van der Waals surface area contributed by atoms with Crippen molar-refractivity contribution in [3.8, 4) is 0 Å². The van der Waals surface area contributed by atoms with Crippen molar-refractivity contribution in [2.24, 2.45) is 11.7 Å². The molecule has 0 aliphatic carbocycles. The Morgan fingerprint density at radius 3 is 2.85 bits per heavy atom. The topological polar surface area (TPSA) is 53.1 Å². The molecule has 1 aliphatic heterocycles. The Bertz CT molecular complexity index is 473. The molecule has 1 unspecified atom stereocenters. The predicted octanol–water partition coefficient (Wildman–Crippen LogP) is 3.12. The number of halogens is 1. The zero-order valence-electron chi connectivity index (χ0n) is 12.2. The Morgan fingerprint density at radius 2 is 2.15 bits per heavy atom. The summed E-state index contributed by atoms with van der Waals surface area (Å²) in [7, 11) is 0. The van der Waals surface area contributed by atoms with Crippen LogP contribution in [-0.4, -0.2) is 23.8 Å². The number of benzene rings is 1. The van der Waals surface area contributed by atoms with Gasteiger partial charge in [-0.15, -0.1) is 0 Å². The first-order valence-electron chi connectivity index (χ1n) is 7.44. The molecule has 3 nitrogen and oxygen atoms in total. The Kier molecular flexibility index (Phi) is 5.12. The lowest BCUT2D eigenvalue weighted by Crippen LogP contribution is -2.24. The van der Waals surface area contributed by atoms with E-state index in [2.05, 4.69) is 11.8 Å². The van der Waals surface area contributed by atoms with Crippen LogP contribution in [0, 0.1) is 17.1 Å². The van der Waals surface area contributed by atoms with E-state index in [1.807, 2.05) is 6.07 Å². The van der Waals surface area contributed by atoms with Crippen LogP contribution in [0.3, 0.4) is 0 Å². The molecule has 0 aromatic heterocycles. The third-order valence-electron chi connectivity index (χ3n) is 4.19. The van der Waals surface area contributed by atoms with E-state index >= 15 is 0 Å². The van der Waals surface area contributed by atoms with Crippen molar-refractivity contribution in [2.75, 3.05) is 13.1 Å². The molecule has 1 fully saturated rings. The Morgan fingerprint density at radius 1 is 1.35 bits per heavy atom. The van der Waals surface area contributed by atoms with Gasteiger partial charge in [0.15, 0.2) is 0 Å². The second-order valence-corrected chi connectivity index (χ2v) is 5.74. The molecule has 0 radical (unpaired) electrons. The standard InChI is InChI=1S/C16H24FN3/c1-2-12-4-3-6-20(7-5-12)11-13-8-14(16(18)19)10-15(17)9-13/h8-10,12H,2-7,11H2,1H3,(H3,18,19). The average molecular weight is 277 g/mol. The number of likely N-dealkylation sites (tertiary alicyclic amines) is 1. The maximum Gasteiger partial charge on any atom is 0.124 e. The highest BCUT2D eigenvalue weighted by molar-refractivity contribution is 5.95. The molecule has 1 heterocycles. The molecule has 0 spiro atoms. The minimum Gasteiger partial charge on any atom is -0.384 e. The van der Waals surface area contributed by atoms with Crippen LogP contribution in [0.25, 0.3) is 0 Å². The van der Waals surface area contributed by atoms with E-state index < -0.39 is 0 Å². The zero-order valence-corrected chi connectivity index (χ0v) is 12.2. The summed E-state index contributed by atoms with van der Waals surface area (Å²) in [5.74, 6) is 0.446. The smallest absolute Gasteiger partial charge is 0.124 e. The summed E-state index contributed by atoms with van der Waals surface area (Å²) in [6.07, 6.45) is 5.00. The van der Waals surface area contributed by atoms with Crippen molar-refractivity contribution in [1.82, 2.24) is 4.90 Å². The van der Waals surface area contributed by atoms with Gasteiger partial charge in [-0.2, -0.15) is 0 Å². The monoisotopic (exact) mass is 277 g/mol. The third kappa shape index (κ3) is 4.04. The van der Waals surface area contributed by atoms with Crippen LogP contribution in [0.5, 0.6) is 0 Å². The number of nitrogens with one attached hydrogen (secondary N) is 1. The lowest BCUT2D eigenvalue weighted by molar-refractivity contribution is 0.271. The zero-order chi connectivity index (χ0) is 14.5. The van der Waals surface area contributed by atoms with Gasteiger partial charge in [0.05, 0.1) is 0 Å². The molecular weight excluding hydrogens is 253 g/mol. The number of hydrogen-bond acceptors (Lipinski definition) is 2. The first-order valence-corrected chi connectivity index (χ1v) is 7.44. The van der Waals surface area contributed by atoms with Gasteiger partial charge in [0.2, 0.25) is 0 Å². The van der Waals surface area contributed by atoms with Gasteiger partial charge in [-0.3, -0.25) is 10.3 Å². The van der Waals surface area contributed by atoms with Crippen molar-refractivity contribution in [1.29, 1.82) is 5.41 Å². The highest BCUT2D eigenvalue weighted by Crippen LogP contribution is 2.21. The highest BCUT2D eigenvalue weighted by Gasteiger charge is 2.16. The van der Waals surface area contributed by atoms with Crippen molar-refractivity contribution >= 4 is 5.84 Å². The lowest BCUT2D eigenvalue weighted by atomic mass is 9.98. The molecule has 20 heavy (non-hydrogen) atoms. The van der Waals surface area contributed by atoms with Gasteiger partial charge in [0.1, 0.15) is 11.7 Å². The van der Waals surface area contributed by atoms with Crippen molar-refractivity contribution < 1.29 is 4.39 Å². The van der Waals surface area contributed by atoms with Crippen LogP contribution in [0.2, 0.25) is 0 Å². The molecule has 4 heteroatoms. The van der Waals surface area contributed by atoms with Gasteiger partial charge in [-0.25, -0.2) is 4.39 Å². The summed E-state index contributed by atoms with van der Waals surface area (Å²) in [4.78, 5) is 2.38.